The number of hydrogen-bond acceptors (Lipinski definition) is 0. The second kappa shape index (κ2) is 169. The minimum absolute atomic E-state index is 0. The molecule has 6 radical (unpaired) electrons. The van der Waals surface area contributed by atoms with Gasteiger partial charge in [-0.1, -0.05) is 35.1 Å². The second-order valence-electron chi connectivity index (χ2n) is 0. The van der Waals surface area contributed by atoms with E-state index in [9.17, 15) is 0 Å². The molecule has 0 saturated heterocycles. The molecule has 6 heavy (non-hydrogen) atoms. The number of rotatable bonds is 0. The summed E-state index contributed by atoms with van der Waals surface area (Å²) in [5.41, 5.74) is 0. The third kappa shape index (κ3) is 89.1. The van der Waals surface area contributed by atoms with Crippen molar-refractivity contribution in [2.45, 2.75) is 21.3 Å². The minimum Gasteiger partial charge on any atom is -0.0776 e. The predicted octanol–water partition coefficient (Wildman–Crippen LogP) is 1.94. The van der Waals surface area contributed by atoms with E-state index in [1.54, 1.807) is 13.8 Å². The molecule has 0 aromatic rings. The fourth-order valence-electron chi connectivity index (χ4n) is 0. The van der Waals surface area contributed by atoms with Crippen molar-refractivity contribution in [3.8, 4) is 0 Å². The van der Waals surface area contributed by atoms with Crippen molar-refractivity contribution in [1.29, 1.82) is 0 Å². The van der Waals surface area contributed by atoms with Gasteiger partial charge >= 0.3 is 0 Å². The Kier molecular flexibility index (Phi) is 800. The van der Waals surface area contributed by atoms with Crippen LogP contribution < -0.4 is 0 Å². The van der Waals surface area contributed by atoms with Gasteiger partial charge in [-0.2, -0.15) is 0 Å². The van der Waals surface area contributed by atoms with E-state index in [1.807, 2.05) is 0 Å². The van der Waals surface area contributed by atoms with Gasteiger partial charge in [0.05, 0.1) is 0 Å². The van der Waals surface area contributed by atoms with Gasteiger partial charge in [0.15, 0.2) is 0 Å². The van der Waals surface area contributed by atoms with Crippen LogP contribution in [0.5, 0.6) is 0 Å². The zero-order chi connectivity index (χ0) is 4.00. The molecule has 0 bridgehead atoms. The molecule has 0 fully saturated rings. The molecule has 0 aliphatic rings. The van der Waals surface area contributed by atoms with E-state index >= 15 is 0 Å². The molecule has 38 valence electrons. The Labute approximate surface area is 62.5 Å². The van der Waals surface area contributed by atoms with Crippen LogP contribution in [0.2, 0.25) is 0 Å². The molecule has 0 saturated carbocycles. The van der Waals surface area contributed by atoms with Gasteiger partial charge in [-0.05, 0) is 0 Å². The summed E-state index contributed by atoms with van der Waals surface area (Å²) in [6.07, 6.45) is 0. The zero-order valence-corrected chi connectivity index (χ0v) is 7.80. The Morgan fingerprint density at radius 1 is 0.833 bits per heavy atom. The summed E-state index contributed by atoms with van der Waals surface area (Å²) in [6.45, 7) is 10.0. The van der Waals surface area contributed by atoms with Gasteiger partial charge in [-0.25, -0.2) is 0 Å². The Morgan fingerprint density at radius 3 is 0.833 bits per heavy atom. The van der Waals surface area contributed by atoms with Gasteiger partial charge in [0.2, 0.25) is 0 Å². The fourth-order valence-corrected chi connectivity index (χ4v) is 0. The van der Waals surface area contributed by atoms with Crippen LogP contribution in [-0.4, -0.2) is 27.3 Å². The smallest absolute Gasteiger partial charge is 0 e. The molecule has 0 aliphatic heterocycles. The monoisotopic (exact) mass is 282 g/mol. The van der Waals surface area contributed by atoms with Crippen molar-refractivity contribution in [2.75, 3.05) is 0 Å². The second-order valence-corrected chi connectivity index (χ2v) is 0. The van der Waals surface area contributed by atoms with Crippen LogP contribution in [0.3, 0.4) is 0 Å². The molecule has 0 rings (SSSR count). The Bertz CT molecular complexity index is 3.90. The third-order valence-corrected chi connectivity index (χ3v) is 0. The van der Waals surface area contributed by atoms with Gasteiger partial charge in [0.25, 0.3) is 0 Å². The van der Waals surface area contributed by atoms with Gasteiger partial charge in [0, 0.05) is 27.3 Å². The summed E-state index contributed by atoms with van der Waals surface area (Å²) in [5, 5.41) is 0. The van der Waals surface area contributed by atoms with Gasteiger partial charge in [-0.3, -0.25) is 0 Å². The Balaban J connectivity index is -0.00000000500. The van der Waals surface area contributed by atoms with Crippen LogP contribution in [0, 0.1) is 13.8 Å². The van der Waals surface area contributed by atoms with E-state index in [4.69, 9.17) is 0 Å². The van der Waals surface area contributed by atoms with E-state index < -0.39 is 0 Å². The van der Waals surface area contributed by atoms with Crippen molar-refractivity contribution in [3.05, 3.63) is 13.8 Å². The maximum absolute atomic E-state index is 3.25. The van der Waals surface area contributed by atoms with E-state index in [1.165, 1.54) is 0 Å². The Morgan fingerprint density at radius 2 is 0.833 bits per heavy atom. The van der Waals surface area contributed by atoms with Crippen molar-refractivity contribution >= 4 is 27.3 Å². The molecular weight excluding hydrogens is 267 g/mol. The van der Waals surface area contributed by atoms with E-state index in [0.717, 1.165) is 0 Å². The molecule has 1 heteroatoms. The van der Waals surface area contributed by atoms with Gasteiger partial charge in [0.1, 0.15) is 0 Å². The summed E-state index contributed by atoms with van der Waals surface area (Å²) in [5.74, 6) is 0. The molecule has 0 N–H and O–H groups in total. The summed E-state index contributed by atoms with van der Waals surface area (Å²) in [6, 6.07) is 0. The van der Waals surface area contributed by atoms with E-state index in [0.29, 0.717) is 0 Å². The first-order valence-corrected chi connectivity index (χ1v) is 1.41. The molecule has 0 atom stereocenters. The summed E-state index contributed by atoms with van der Waals surface area (Å²) < 4.78 is 0. The SMILES string of the molecule is C.[CH2]C.[CH2]C.[Pb]. The van der Waals surface area contributed by atoms with E-state index in [2.05, 4.69) is 13.8 Å². The molecule has 0 heterocycles. The summed E-state index contributed by atoms with van der Waals surface area (Å²) in [7, 11) is 0. The van der Waals surface area contributed by atoms with Crippen LogP contribution in [0.15, 0.2) is 0 Å². The fraction of sp³-hybridized carbons (Fsp3) is 0.600. The zero-order valence-electron chi connectivity index (χ0n) is 3.91. The molecule has 0 spiro atoms. The first kappa shape index (κ1) is 28.4. The van der Waals surface area contributed by atoms with Crippen molar-refractivity contribution < 1.29 is 0 Å². The molecule has 0 unspecified atom stereocenters. The van der Waals surface area contributed by atoms with Crippen molar-refractivity contribution in [3.63, 3.8) is 0 Å². The summed E-state index contributed by atoms with van der Waals surface area (Å²) >= 11 is 0. The molecule has 0 amide bonds. The molecule has 0 aliphatic carbocycles. The first-order valence-electron chi connectivity index (χ1n) is 1.41. The summed E-state index contributed by atoms with van der Waals surface area (Å²) in [4.78, 5) is 0. The average molecular weight is 281 g/mol. The van der Waals surface area contributed by atoms with Crippen LogP contribution in [0.25, 0.3) is 0 Å². The van der Waals surface area contributed by atoms with Crippen LogP contribution >= 0.6 is 0 Å². The number of hydrogen-bond donors (Lipinski definition) is 0. The third-order valence-electron chi connectivity index (χ3n) is 0. The standard InChI is InChI=1S/2C2H5.CH4.Pb/c2*1-2;;/h2*1H2,2H3;1H4;. The molecule has 0 nitrogen and oxygen atoms in total. The molecule has 0 aromatic heterocycles. The largest absolute Gasteiger partial charge is 0.0776 e. The quantitative estimate of drug-likeness (QED) is 0.595. The van der Waals surface area contributed by atoms with Gasteiger partial charge < -0.3 is 0 Å². The normalized spacial score (nSPS) is 2.00. The van der Waals surface area contributed by atoms with Crippen LogP contribution in [0.4, 0.5) is 0 Å². The average Bonchev–Trinajstić information content (AvgIpc) is 1.50. The minimum atomic E-state index is 0. The molecule has 0 aromatic carbocycles. The van der Waals surface area contributed by atoms with Gasteiger partial charge in [-0.15, -0.1) is 0 Å². The van der Waals surface area contributed by atoms with Crippen LogP contribution in [0.1, 0.15) is 21.3 Å². The topological polar surface area (TPSA) is 0 Å². The maximum Gasteiger partial charge on any atom is 0 e. The van der Waals surface area contributed by atoms with Crippen molar-refractivity contribution in [2.24, 2.45) is 0 Å². The van der Waals surface area contributed by atoms with Crippen molar-refractivity contribution in [1.82, 2.24) is 0 Å². The Hall–Kier alpha value is 0.922. The maximum atomic E-state index is 3.25. The predicted molar refractivity (Wildman–Crippen MR) is 34.5 cm³/mol. The van der Waals surface area contributed by atoms with Crippen LogP contribution in [-0.2, 0) is 0 Å². The first-order chi connectivity index (χ1) is 2.00. The molecular formula is C5H14Pb. The van der Waals surface area contributed by atoms with E-state index in [-0.39, 0.29) is 34.7 Å².